The molecule has 7 nitrogen and oxygen atoms in total. The third-order valence-corrected chi connectivity index (χ3v) is 6.56. The van der Waals surface area contributed by atoms with Gasteiger partial charge in [0.05, 0.1) is 17.3 Å². The number of aromatic amines is 1. The van der Waals surface area contributed by atoms with Crippen LogP contribution in [0.1, 0.15) is 60.2 Å². The SMILES string of the molecule is CC[C@@]1(C(=O)NCCc2cnc[nH]2)C[C@@H]2CC[C@H]1N2C(=O)c1cc(C)oc1C. The number of imidazole rings is 1. The van der Waals surface area contributed by atoms with Gasteiger partial charge in [-0.05, 0) is 45.6 Å². The van der Waals surface area contributed by atoms with Gasteiger partial charge in [0.1, 0.15) is 11.5 Å². The van der Waals surface area contributed by atoms with E-state index in [9.17, 15) is 9.59 Å². The Morgan fingerprint density at radius 3 is 2.86 bits per heavy atom. The number of amides is 2. The van der Waals surface area contributed by atoms with Gasteiger partial charge in [-0.25, -0.2) is 4.98 Å². The third kappa shape index (κ3) is 2.93. The summed E-state index contributed by atoms with van der Waals surface area (Å²) in [5, 5.41) is 3.11. The lowest BCUT2D eigenvalue weighted by atomic mass is 9.71. The molecular formula is C21H28N4O3. The Bertz CT molecular complexity index is 872. The summed E-state index contributed by atoms with van der Waals surface area (Å²) >= 11 is 0. The summed E-state index contributed by atoms with van der Waals surface area (Å²) in [4.78, 5) is 35.5. The van der Waals surface area contributed by atoms with Crippen molar-refractivity contribution in [1.29, 1.82) is 0 Å². The highest BCUT2D eigenvalue weighted by Gasteiger charge is 2.60. The maximum Gasteiger partial charge on any atom is 0.257 e. The smallest absolute Gasteiger partial charge is 0.257 e. The maximum absolute atomic E-state index is 13.3. The van der Waals surface area contributed by atoms with Gasteiger partial charge < -0.3 is 19.6 Å². The van der Waals surface area contributed by atoms with Crippen molar-refractivity contribution in [1.82, 2.24) is 20.2 Å². The molecule has 0 spiro atoms. The lowest BCUT2D eigenvalue weighted by molar-refractivity contribution is -0.132. The number of rotatable bonds is 6. The fourth-order valence-corrected chi connectivity index (χ4v) is 5.16. The van der Waals surface area contributed by atoms with Gasteiger partial charge in [0, 0.05) is 36.9 Å². The maximum atomic E-state index is 13.3. The van der Waals surface area contributed by atoms with E-state index < -0.39 is 5.41 Å². The second-order valence-corrected chi connectivity index (χ2v) is 8.08. The average molecular weight is 384 g/mol. The number of furan rings is 1. The fourth-order valence-electron chi connectivity index (χ4n) is 5.16. The number of hydrogen-bond donors (Lipinski definition) is 2. The molecule has 2 fully saturated rings. The molecule has 150 valence electrons. The van der Waals surface area contributed by atoms with Crippen LogP contribution in [0.5, 0.6) is 0 Å². The van der Waals surface area contributed by atoms with Gasteiger partial charge in [0.15, 0.2) is 0 Å². The number of aromatic nitrogens is 2. The minimum absolute atomic E-state index is 0.00225. The summed E-state index contributed by atoms with van der Waals surface area (Å²) in [5.41, 5.74) is 1.13. The van der Waals surface area contributed by atoms with E-state index >= 15 is 0 Å². The molecule has 0 saturated carbocycles. The molecule has 0 radical (unpaired) electrons. The van der Waals surface area contributed by atoms with Crippen LogP contribution < -0.4 is 5.32 Å². The number of hydrogen-bond acceptors (Lipinski definition) is 4. The summed E-state index contributed by atoms with van der Waals surface area (Å²) in [6, 6.07) is 1.90. The van der Waals surface area contributed by atoms with Gasteiger partial charge in [0.25, 0.3) is 5.91 Å². The van der Waals surface area contributed by atoms with E-state index in [1.807, 2.05) is 24.8 Å². The predicted octanol–water partition coefficient (Wildman–Crippen LogP) is 2.75. The van der Waals surface area contributed by atoms with Crippen LogP contribution in [0.15, 0.2) is 23.0 Å². The van der Waals surface area contributed by atoms with Crippen molar-refractivity contribution in [2.24, 2.45) is 5.41 Å². The molecule has 2 bridgehead atoms. The molecule has 2 saturated heterocycles. The van der Waals surface area contributed by atoms with Crippen molar-refractivity contribution >= 4 is 11.8 Å². The standard InChI is InChI=1S/C21H28N4O3/c1-4-21(20(27)23-8-7-15-11-22-12-24-15)10-16-5-6-18(21)25(16)19(26)17-9-13(2)28-14(17)3/h9,11-12,16,18H,4-8,10H2,1-3H3,(H,22,24)(H,23,27)/t16-,18+,21+/m0/s1. The zero-order valence-corrected chi connectivity index (χ0v) is 16.7. The second kappa shape index (κ2) is 7.11. The molecule has 0 unspecified atom stereocenters. The van der Waals surface area contributed by atoms with Crippen LogP contribution in [0, 0.1) is 19.3 Å². The molecule has 2 aliphatic rings. The van der Waals surface area contributed by atoms with E-state index in [4.69, 9.17) is 4.42 Å². The molecule has 2 N–H and O–H groups in total. The monoisotopic (exact) mass is 384 g/mol. The average Bonchev–Trinajstić information content (AvgIpc) is 3.44. The second-order valence-electron chi connectivity index (χ2n) is 8.08. The van der Waals surface area contributed by atoms with Gasteiger partial charge in [-0.1, -0.05) is 6.92 Å². The molecule has 4 heterocycles. The van der Waals surface area contributed by atoms with Crippen molar-refractivity contribution in [3.05, 3.63) is 41.4 Å². The fraction of sp³-hybridized carbons (Fsp3) is 0.571. The molecule has 0 aromatic carbocycles. The Morgan fingerprint density at radius 2 is 2.21 bits per heavy atom. The van der Waals surface area contributed by atoms with Crippen LogP contribution in [0.2, 0.25) is 0 Å². The van der Waals surface area contributed by atoms with E-state index in [2.05, 4.69) is 22.2 Å². The Balaban J connectivity index is 1.50. The van der Waals surface area contributed by atoms with E-state index in [1.54, 1.807) is 12.5 Å². The summed E-state index contributed by atoms with van der Waals surface area (Å²) in [6.45, 7) is 6.30. The van der Waals surface area contributed by atoms with Crippen molar-refractivity contribution in [2.75, 3.05) is 6.54 Å². The summed E-state index contributed by atoms with van der Waals surface area (Å²) < 4.78 is 5.57. The minimum Gasteiger partial charge on any atom is -0.466 e. The molecule has 28 heavy (non-hydrogen) atoms. The number of fused-ring (bicyclic) bond motifs is 2. The highest BCUT2D eigenvalue weighted by molar-refractivity contribution is 5.97. The first-order valence-electron chi connectivity index (χ1n) is 10.1. The van der Waals surface area contributed by atoms with Gasteiger partial charge in [0.2, 0.25) is 5.91 Å². The lowest BCUT2D eigenvalue weighted by Gasteiger charge is -2.35. The first-order chi connectivity index (χ1) is 13.5. The summed E-state index contributed by atoms with van der Waals surface area (Å²) in [6.07, 6.45) is 7.46. The first kappa shape index (κ1) is 18.8. The van der Waals surface area contributed by atoms with Crippen molar-refractivity contribution in [3.8, 4) is 0 Å². The van der Waals surface area contributed by atoms with Crippen LogP contribution in [-0.4, -0.2) is 45.3 Å². The normalized spacial score (nSPS) is 26.0. The van der Waals surface area contributed by atoms with Gasteiger partial charge in [-0.15, -0.1) is 0 Å². The highest BCUT2D eigenvalue weighted by Crippen LogP contribution is 2.52. The molecule has 4 rings (SSSR count). The Kier molecular flexibility index (Phi) is 4.77. The zero-order valence-electron chi connectivity index (χ0n) is 16.7. The number of carbonyl (C=O) groups excluding carboxylic acids is 2. The molecule has 2 aromatic rings. The molecule has 2 amide bonds. The first-order valence-corrected chi connectivity index (χ1v) is 10.1. The summed E-state index contributed by atoms with van der Waals surface area (Å²) in [5.74, 6) is 1.47. The molecule has 2 aromatic heterocycles. The van der Waals surface area contributed by atoms with Crippen LogP contribution >= 0.6 is 0 Å². The largest absolute Gasteiger partial charge is 0.466 e. The van der Waals surface area contributed by atoms with Crippen molar-refractivity contribution < 1.29 is 14.0 Å². The molecule has 7 heteroatoms. The number of nitrogens with one attached hydrogen (secondary N) is 2. The molecule has 3 atom stereocenters. The van der Waals surface area contributed by atoms with Gasteiger partial charge in [-0.3, -0.25) is 9.59 Å². The quantitative estimate of drug-likeness (QED) is 0.801. The Morgan fingerprint density at radius 1 is 1.39 bits per heavy atom. The van der Waals surface area contributed by atoms with Crippen LogP contribution in [0.3, 0.4) is 0 Å². The van der Waals surface area contributed by atoms with Crippen molar-refractivity contribution in [2.45, 2.75) is 65.0 Å². The Labute approximate surface area is 164 Å². The Hall–Kier alpha value is -2.57. The van der Waals surface area contributed by atoms with Crippen molar-refractivity contribution in [3.63, 3.8) is 0 Å². The van der Waals surface area contributed by atoms with E-state index in [-0.39, 0.29) is 23.9 Å². The van der Waals surface area contributed by atoms with E-state index in [0.717, 1.165) is 43.6 Å². The lowest BCUT2D eigenvalue weighted by Crippen LogP contribution is -2.50. The number of carbonyl (C=O) groups is 2. The van der Waals surface area contributed by atoms with Crippen LogP contribution in [0.25, 0.3) is 0 Å². The van der Waals surface area contributed by atoms with E-state index in [0.29, 0.717) is 17.9 Å². The molecule has 2 aliphatic heterocycles. The number of nitrogens with zero attached hydrogens (tertiary/aromatic N) is 2. The third-order valence-electron chi connectivity index (χ3n) is 6.56. The van der Waals surface area contributed by atoms with E-state index in [1.165, 1.54) is 0 Å². The molecule has 0 aliphatic carbocycles. The van der Waals surface area contributed by atoms with Crippen LogP contribution in [0.4, 0.5) is 0 Å². The number of H-pyrrole nitrogens is 1. The van der Waals surface area contributed by atoms with Gasteiger partial charge in [-0.2, -0.15) is 0 Å². The zero-order chi connectivity index (χ0) is 19.9. The highest BCUT2D eigenvalue weighted by atomic mass is 16.3. The topological polar surface area (TPSA) is 91.2 Å². The summed E-state index contributed by atoms with van der Waals surface area (Å²) in [7, 11) is 0. The predicted molar refractivity (Wildman–Crippen MR) is 104 cm³/mol. The van der Waals surface area contributed by atoms with Gasteiger partial charge >= 0.3 is 0 Å². The minimum atomic E-state index is -0.501. The molecular weight excluding hydrogens is 356 g/mol. The van der Waals surface area contributed by atoms with Crippen LogP contribution in [-0.2, 0) is 11.2 Å². The number of aryl methyl sites for hydroxylation is 2.